The maximum atomic E-state index is 5.86. The Morgan fingerprint density at radius 3 is 2.11 bits per heavy atom. The Morgan fingerprint density at radius 1 is 0.761 bits per heavy atom. The Hall–Kier alpha value is -3.44. The summed E-state index contributed by atoms with van der Waals surface area (Å²) >= 11 is 0. The Labute approximate surface area is 289 Å². The largest absolute Gasteiger partial charge is 0.486 e. The Kier molecular flexibility index (Phi) is 11.5. The van der Waals surface area contributed by atoms with Gasteiger partial charge in [0.15, 0.2) is 0 Å². The normalized spacial score (nSPS) is 11.5. The molecule has 2 aromatic carbocycles. The van der Waals surface area contributed by atoms with E-state index in [1.807, 2.05) is 43.5 Å². The van der Waals surface area contributed by atoms with Crippen LogP contribution in [-0.4, -0.2) is 23.0 Å². The summed E-state index contributed by atoms with van der Waals surface area (Å²) in [4.78, 5) is 13.8. The summed E-state index contributed by atoms with van der Waals surface area (Å²) in [7, 11) is -1.34. The molecule has 0 amide bonds. The van der Waals surface area contributed by atoms with Crippen LogP contribution in [0.15, 0.2) is 77.5 Å². The first-order valence-corrected chi connectivity index (χ1v) is 19.5. The van der Waals surface area contributed by atoms with Crippen molar-refractivity contribution < 1.29 is 24.5 Å². The third-order valence-corrected chi connectivity index (χ3v) is 10.0. The van der Waals surface area contributed by atoms with Crippen molar-refractivity contribution in [1.29, 1.82) is 0 Å². The molecule has 0 unspecified atom stereocenters. The predicted molar refractivity (Wildman–Crippen MR) is 192 cm³/mol. The number of hydrogen-bond acceptors (Lipinski definition) is 4. The van der Waals surface area contributed by atoms with E-state index in [2.05, 4.69) is 118 Å². The second kappa shape index (κ2) is 15.0. The van der Waals surface area contributed by atoms with Gasteiger partial charge in [0.1, 0.15) is 0 Å². The molecule has 0 saturated heterocycles. The van der Waals surface area contributed by atoms with Gasteiger partial charge in [-0.3, -0.25) is 0 Å². The van der Waals surface area contributed by atoms with Gasteiger partial charge in [-0.2, -0.15) is 0 Å². The number of hydrogen-bond donors (Lipinski definition) is 0. The number of aromatic nitrogens is 3. The van der Waals surface area contributed by atoms with Crippen molar-refractivity contribution in [1.82, 2.24) is 15.0 Å². The fourth-order valence-corrected chi connectivity index (χ4v) is 7.28. The fraction of sp³-hybridized carbons (Fsp3) is 0.325. The molecule has 46 heavy (non-hydrogen) atoms. The molecular weight excluding hydrogens is 759 g/mol. The zero-order valence-corrected chi connectivity index (χ0v) is 32.0. The van der Waals surface area contributed by atoms with E-state index in [1.165, 1.54) is 21.9 Å². The molecule has 6 aromatic rings. The molecule has 0 atom stereocenters. The van der Waals surface area contributed by atoms with Crippen molar-refractivity contribution in [3.8, 4) is 22.5 Å². The molecule has 0 fully saturated rings. The molecule has 0 aliphatic rings. The fourth-order valence-electron chi connectivity index (χ4n) is 5.69. The average molecular weight is 804 g/mol. The summed E-state index contributed by atoms with van der Waals surface area (Å²) < 4.78 is 5.86. The van der Waals surface area contributed by atoms with Crippen LogP contribution in [0.5, 0.6) is 0 Å². The number of rotatable bonds is 7. The minimum absolute atomic E-state index is 0. The van der Waals surface area contributed by atoms with Crippen LogP contribution in [-0.2, 0) is 32.9 Å². The molecule has 241 valence electrons. The Balaban J connectivity index is 0.000000210. The molecule has 0 bridgehead atoms. The number of benzene rings is 2. The minimum Gasteiger partial charge on any atom is -0.486 e. The van der Waals surface area contributed by atoms with Gasteiger partial charge in [0.05, 0.1) is 13.7 Å². The molecule has 0 N–H and O–H groups in total. The first kappa shape index (κ1) is 35.4. The van der Waals surface area contributed by atoms with Gasteiger partial charge in [-0.1, -0.05) is 76.0 Å². The summed E-state index contributed by atoms with van der Waals surface area (Å²) in [6.45, 7) is 20.3. The summed E-state index contributed by atoms with van der Waals surface area (Å²) in [6.07, 6.45) is 6.26. The monoisotopic (exact) mass is 804 g/mol. The van der Waals surface area contributed by atoms with Crippen LogP contribution in [0.2, 0.25) is 19.6 Å². The zero-order valence-electron chi connectivity index (χ0n) is 28.6. The molecule has 0 saturated carbocycles. The molecule has 0 aliphatic carbocycles. The molecule has 1 radical (unpaired) electrons. The first-order chi connectivity index (χ1) is 21.4. The second-order valence-electron chi connectivity index (χ2n) is 14.0. The quantitative estimate of drug-likeness (QED) is 0.119. The van der Waals surface area contributed by atoms with E-state index in [1.54, 1.807) is 0 Å². The maximum absolute atomic E-state index is 5.86. The van der Waals surface area contributed by atoms with Crippen molar-refractivity contribution in [2.45, 2.75) is 74.0 Å². The van der Waals surface area contributed by atoms with Gasteiger partial charge in [0.2, 0.25) is 5.71 Å². The molecule has 4 aromatic heterocycles. The summed E-state index contributed by atoms with van der Waals surface area (Å²) in [5.74, 6) is 1.28. The smallest absolute Gasteiger partial charge is 0.216 e. The van der Waals surface area contributed by atoms with Crippen LogP contribution in [0.3, 0.4) is 0 Å². The van der Waals surface area contributed by atoms with Gasteiger partial charge in [0, 0.05) is 43.6 Å². The van der Waals surface area contributed by atoms with Crippen LogP contribution in [0, 0.1) is 37.8 Å². The van der Waals surface area contributed by atoms with Crippen molar-refractivity contribution in [3.63, 3.8) is 0 Å². The topological polar surface area (TPSA) is 51.8 Å². The molecule has 6 rings (SSSR count). The van der Waals surface area contributed by atoms with Crippen LogP contribution in [0.4, 0.5) is 0 Å². The van der Waals surface area contributed by atoms with E-state index in [-0.39, 0.29) is 20.1 Å². The Morgan fingerprint density at radius 2 is 1.43 bits per heavy atom. The van der Waals surface area contributed by atoms with Gasteiger partial charge >= 0.3 is 0 Å². The summed E-state index contributed by atoms with van der Waals surface area (Å²) in [6, 6.07) is 27.2. The van der Waals surface area contributed by atoms with E-state index in [4.69, 9.17) is 4.42 Å². The number of nitrogens with zero attached hydrogens (tertiary/aromatic N) is 3. The molecule has 0 spiro atoms. The van der Waals surface area contributed by atoms with Crippen molar-refractivity contribution in [3.05, 3.63) is 108 Å². The summed E-state index contributed by atoms with van der Waals surface area (Å²) in [5, 5.41) is 3.58. The Bertz CT molecular complexity index is 1920. The van der Waals surface area contributed by atoms with Crippen LogP contribution in [0.25, 0.3) is 44.6 Å². The molecular formula is C40H45IrN3OSi-2. The predicted octanol–water partition coefficient (Wildman–Crippen LogP) is 9.95. The number of aryl methyl sites for hydroxylation is 2. The van der Waals surface area contributed by atoms with E-state index in [0.717, 1.165) is 57.4 Å². The van der Waals surface area contributed by atoms with Gasteiger partial charge in [-0.25, -0.2) is 4.98 Å². The number of pyridine rings is 3. The molecule has 4 heterocycles. The van der Waals surface area contributed by atoms with Gasteiger partial charge in [0.25, 0.3) is 0 Å². The number of furan rings is 1. The van der Waals surface area contributed by atoms with E-state index in [9.17, 15) is 0 Å². The SMILES string of the molecule is CC(C)Cc1cc(-c2[c-]cccc2)ncc1[Si](C)(C)C.Cc1ccc2c(n1)oc1c[c-]c(-c3cc(CC(C)C)c(C)cn3)cc12.[Ir]. The van der Waals surface area contributed by atoms with Gasteiger partial charge in [-0.15, -0.1) is 59.7 Å². The van der Waals surface area contributed by atoms with Crippen molar-refractivity contribution >= 4 is 35.3 Å². The van der Waals surface area contributed by atoms with E-state index >= 15 is 0 Å². The van der Waals surface area contributed by atoms with Crippen molar-refractivity contribution in [2.24, 2.45) is 11.8 Å². The van der Waals surface area contributed by atoms with Crippen LogP contribution >= 0.6 is 0 Å². The molecule has 6 heteroatoms. The average Bonchev–Trinajstić information content (AvgIpc) is 3.34. The molecule has 0 aliphatic heterocycles. The summed E-state index contributed by atoms with van der Waals surface area (Å²) in [5.41, 5.74) is 10.6. The van der Waals surface area contributed by atoms with Crippen LogP contribution in [0.1, 0.15) is 50.1 Å². The van der Waals surface area contributed by atoms with Crippen LogP contribution < -0.4 is 5.19 Å². The second-order valence-corrected chi connectivity index (χ2v) is 19.0. The molecule has 4 nitrogen and oxygen atoms in total. The van der Waals surface area contributed by atoms with Gasteiger partial charge in [-0.05, 0) is 72.8 Å². The van der Waals surface area contributed by atoms with Gasteiger partial charge < -0.3 is 14.4 Å². The maximum Gasteiger partial charge on any atom is 0.216 e. The standard InChI is InChI=1S/C22H21N2O.C18H24NSi.Ir/c1-13(2)9-17-11-20(23-12-14(17)3)16-6-8-21-19(10-16)18-7-5-15(4)24-22(18)25-21;1-14(2)11-16-12-17(15-9-7-6-8-10-15)19-13-18(16)20(3,4)5;/h5,7-8,10-13H,9H2,1-4H3;6-9,12-14H,11H2,1-5H3;/q2*-1;. The minimum atomic E-state index is -1.34. The number of fused-ring (bicyclic) bond motifs is 3. The van der Waals surface area contributed by atoms with E-state index in [0.29, 0.717) is 17.5 Å². The third-order valence-electron chi connectivity index (χ3n) is 7.94. The first-order valence-electron chi connectivity index (χ1n) is 16.0. The van der Waals surface area contributed by atoms with E-state index < -0.39 is 8.07 Å². The van der Waals surface area contributed by atoms with Crippen molar-refractivity contribution in [2.75, 3.05) is 0 Å². The zero-order chi connectivity index (χ0) is 32.3. The third kappa shape index (κ3) is 8.47.